The van der Waals surface area contributed by atoms with Gasteiger partial charge in [0.05, 0.1) is 23.9 Å². The van der Waals surface area contributed by atoms with Gasteiger partial charge < -0.3 is 13.9 Å². The van der Waals surface area contributed by atoms with Crippen molar-refractivity contribution in [2.24, 2.45) is 0 Å². The monoisotopic (exact) mass is 393 g/mol. The van der Waals surface area contributed by atoms with Crippen molar-refractivity contribution in [1.82, 2.24) is 4.90 Å². The molecule has 4 heterocycles. The highest BCUT2D eigenvalue weighted by atomic mass is 32.1. The summed E-state index contributed by atoms with van der Waals surface area (Å²) >= 11 is 1.60. The molecule has 2 aliphatic rings. The minimum atomic E-state index is -0.0636. The maximum Gasteiger partial charge on any atom is 0.232 e. The second-order valence-corrected chi connectivity index (χ2v) is 8.07. The summed E-state index contributed by atoms with van der Waals surface area (Å²) in [5.74, 6) is 2.60. The highest BCUT2D eigenvalue weighted by molar-refractivity contribution is 7.11. The first-order valence-electron chi connectivity index (χ1n) is 9.12. The fourth-order valence-corrected chi connectivity index (χ4v) is 4.50. The molecule has 0 radical (unpaired) electrons. The number of carbonyl (C=O) groups excluding carboxylic acids is 1. The van der Waals surface area contributed by atoms with E-state index in [4.69, 9.17) is 13.9 Å². The number of allylic oxidation sites excluding steroid dienone is 1. The lowest BCUT2D eigenvalue weighted by molar-refractivity contribution is 0.0809. The number of carbonyl (C=O) groups is 1. The van der Waals surface area contributed by atoms with Gasteiger partial charge in [0, 0.05) is 17.5 Å². The Labute approximate surface area is 166 Å². The number of fused-ring (bicyclic) bond motifs is 3. The second kappa shape index (κ2) is 6.65. The van der Waals surface area contributed by atoms with E-state index in [1.54, 1.807) is 17.6 Å². The number of furan rings is 1. The zero-order chi connectivity index (χ0) is 19.3. The van der Waals surface area contributed by atoms with Crippen LogP contribution in [-0.4, -0.2) is 17.4 Å². The maximum atomic E-state index is 13.0. The van der Waals surface area contributed by atoms with Gasteiger partial charge in [-0.3, -0.25) is 9.69 Å². The third-order valence-electron chi connectivity index (χ3n) is 5.11. The third-order valence-corrected chi connectivity index (χ3v) is 6.08. The largest absolute Gasteiger partial charge is 0.478 e. The van der Waals surface area contributed by atoms with Crippen LogP contribution in [0.1, 0.15) is 37.7 Å². The van der Waals surface area contributed by atoms with E-state index in [0.29, 0.717) is 36.9 Å². The number of hydrogen-bond donors (Lipinski definition) is 0. The average molecular weight is 393 g/mol. The summed E-state index contributed by atoms with van der Waals surface area (Å²) in [6, 6.07) is 7.80. The van der Waals surface area contributed by atoms with Crippen molar-refractivity contribution < 1.29 is 18.7 Å². The normalized spacial score (nSPS) is 17.4. The van der Waals surface area contributed by atoms with Crippen LogP contribution in [0.2, 0.25) is 0 Å². The molecule has 0 saturated carbocycles. The van der Waals surface area contributed by atoms with Crippen LogP contribution in [0.25, 0.3) is 6.08 Å². The van der Waals surface area contributed by atoms with Crippen LogP contribution in [0.4, 0.5) is 0 Å². The summed E-state index contributed by atoms with van der Waals surface area (Å²) in [6.07, 6.45) is 3.51. The highest BCUT2D eigenvalue weighted by Crippen LogP contribution is 2.44. The van der Waals surface area contributed by atoms with Gasteiger partial charge in [0.1, 0.15) is 24.0 Å². The Balaban J connectivity index is 1.50. The first-order valence-corrected chi connectivity index (χ1v) is 10.0. The molecule has 1 aromatic carbocycles. The van der Waals surface area contributed by atoms with E-state index in [9.17, 15) is 4.79 Å². The van der Waals surface area contributed by atoms with Crippen LogP contribution in [0.5, 0.6) is 11.5 Å². The third kappa shape index (κ3) is 2.85. The SMILES string of the molecule is Cc1ccsc1/C=C1\Oc2c3c(cc(C)c2C1=O)OCN(Cc1ccco1)C3. The average Bonchev–Trinajstić information content (AvgIpc) is 3.39. The molecule has 2 aromatic heterocycles. The molecule has 0 fully saturated rings. The second-order valence-electron chi connectivity index (χ2n) is 7.12. The lowest BCUT2D eigenvalue weighted by Crippen LogP contribution is -2.31. The molecule has 0 spiro atoms. The smallest absolute Gasteiger partial charge is 0.232 e. The van der Waals surface area contributed by atoms with Gasteiger partial charge >= 0.3 is 0 Å². The Morgan fingerprint density at radius 2 is 2.14 bits per heavy atom. The van der Waals surface area contributed by atoms with Gasteiger partial charge in [0.2, 0.25) is 5.78 Å². The number of rotatable bonds is 3. The van der Waals surface area contributed by atoms with Crippen LogP contribution < -0.4 is 9.47 Å². The molecular weight excluding hydrogens is 374 g/mol. The number of nitrogens with zero attached hydrogens (tertiary/aromatic N) is 1. The van der Waals surface area contributed by atoms with Crippen LogP contribution in [0.3, 0.4) is 0 Å². The summed E-state index contributed by atoms with van der Waals surface area (Å²) in [6.45, 7) is 5.70. The predicted molar refractivity (Wildman–Crippen MR) is 107 cm³/mol. The van der Waals surface area contributed by atoms with Crippen LogP contribution in [0, 0.1) is 13.8 Å². The summed E-state index contributed by atoms with van der Waals surface area (Å²) in [5, 5.41) is 2.02. The van der Waals surface area contributed by atoms with Crippen molar-refractivity contribution in [2.45, 2.75) is 26.9 Å². The molecule has 28 heavy (non-hydrogen) atoms. The van der Waals surface area contributed by atoms with Gasteiger partial charge in [-0.05, 0) is 54.6 Å². The molecule has 0 aliphatic carbocycles. The standard InChI is InChI=1S/C22H19NO4S/c1-13-5-7-28-19(13)9-18-21(24)20-14(2)8-17-16(22(20)27-18)11-23(12-26-17)10-15-4-3-6-25-15/h3-9H,10-12H2,1-2H3/b18-9-. The summed E-state index contributed by atoms with van der Waals surface area (Å²) in [7, 11) is 0. The Bertz CT molecular complexity index is 1090. The number of aryl methyl sites for hydroxylation is 2. The van der Waals surface area contributed by atoms with Crippen molar-refractivity contribution in [3.8, 4) is 11.5 Å². The number of ether oxygens (including phenoxy) is 2. The van der Waals surface area contributed by atoms with E-state index >= 15 is 0 Å². The summed E-state index contributed by atoms with van der Waals surface area (Å²) in [4.78, 5) is 16.2. The van der Waals surface area contributed by atoms with E-state index in [0.717, 1.165) is 33.1 Å². The van der Waals surface area contributed by atoms with Crippen molar-refractivity contribution in [2.75, 3.05) is 6.73 Å². The van der Waals surface area contributed by atoms with Gasteiger partial charge in [-0.15, -0.1) is 11.3 Å². The molecule has 0 amide bonds. The van der Waals surface area contributed by atoms with Crippen LogP contribution in [0.15, 0.2) is 46.1 Å². The number of hydrogen-bond acceptors (Lipinski definition) is 6. The molecule has 0 N–H and O–H groups in total. The molecule has 0 unspecified atom stereocenters. The van der Waals surface area contributed by atoms with Crippen molar-refractivity contribution in [3.63, 3.8) is 0 Å². The van der Waals surface area contributed by atoms with Gasteiger partial charge in [-0.25, -0.2) is 0 Å². The Hall–Kier alpha value is -2.83. The van der Waals surface area contributed by atoms with Crippen molar-refractivity contribution in [3.05, 3.63) is 74.6 Å². The van der Waals surface area contributed by atoms with E-state index in [1.807, 2.05) is 49.6 Å². The van der Waals surface area contributed by atoms with Gasteiger partial charge in [-0.2, -0.15) is 0 Å². The quantitative estimate of drug-likeness (QED) is 0.591. The zero-order valence-corrected chi connectivity index (χ0v) is 16.5. The first-order chi connectivity index (χ1) is 13.6. The molecule has 142 valence electrons. The topological polar surface area (TPSA) is 51.9 Å². The Kier molecular flexibility index (Phi) is 4.10. The molecule has 2 aliphatic heterocycles. The van der Waals surface area contributed by atoms with Gasteiger partial charge in [0.15, 0.2) is 5.76 Å². The lowest BCUT2D eigenvalue weighted by atomic mass is 9.99. The lowest BCUT2D eigenvalue weighted by Gasteiger charge is -2.29. The van der Waals surface area contributed by atoms with E-state index in [2.05, 4.69) is 4.90 Å². The predicted octanol–water partition coefficient (Wildman–Crippen LogP) is 4.93. The molecular formula is C22H19NO4S. The van der Waals surface area contributed by atoms with Crippen LogP contribution in [-0.2, 0) is 13.1 Å². The molecule has 6 heteroatoms. The Morgan fingerprint density at radius 1 is 1.25 bits per heavy atom. The molecule has 5 rings (SSSR count). The first kappa shape index (κ1) is 17.3. The number of thiophene rings is 1. The summed E-state index contributed by atoms with van der Waals surface area (Å²) in [5.41, 5.74) is 3.57. The van der Waals surface area contributed by atoms with Gasteiger partial charge in [-0.1, -0.05) is 0 Å². The summed E-state index contributed by atoms with van der Waals surface area (Å²) < 4.78 is 17.5. The molecule has 0 bridgehead atoms. The molecule has 0 saturated heterocycles. The zero-order valence-electron chi connectivity index (χ0n) is 15.7. The van der Waals surface area contributed by atoms with Crippen molar-refractivity contribution in [1.29, 1.82) is 0 Å². The fraction of sp³-hybridized carbons (Fsp3) is 0.227. The van der Waals surface area contributed by atoms with E-state index in [-0.39, 0.29) is 5.78 Å². The number of benzene rings is 1. The van der Waals surface area contributed by atoms with Crippen molar-refractivity contribution >= 4 is 23.2 Å². The maximum absolute atomic E-state index is 13.0. The molecule has 5 nitrogen and oxygen atoms in total. The fourth-order valence-electron chi connectivity index (χ4n) is 3.65. The van der Waals surface area contributed by atoms with Gasteiger partial charge in [0.25, 0.3) is 0 Å². The van der Waals surface area contributed by atoms with E-state index < -0.39 is 0 Å². The molecule has 3 aromatic rings. The number of ketones is 1. The Morgan fingerprint density at radius 3 is 2.89 bits per heavy atom. The highest BCUT2D eigenvalue weighted by Gasteiger charge is 2.35. The minimum Gasteiger partial charge on any atom is -0.478 e. The number of Topliss-reactive ketones (excluding diaryl/α,β-unsaturated/α-hetero) is 1. The minimum absolute atomic E-state index is 0.0636. The molecule has 0 atom stereocenters. The van der Waals surface area contributed by atoms with E-state index in [1.165, 1.54) is 0 Å². The van der Waals surface area contributed by atoms with Crippen LogP contribution >= 0.6 is 11.3 Å².